The van der Waals surface area contributed by atoms with Crippen LogP contribution < -0.4 is 0 Å². The summed E-state index contributed by atoms with van der Waals surface area (Å²) in [5, 5.41) is 0. The zero-order chi connectivity index (χ0) is 20.8. The summed E-state index contributed by atoms with van der Waals surface area (Å²) in [7, 11) is 0. The number of aryl methyl sites for hydroxylation is 4. The smallest absolute Gasteiger partial charge is 0.0897 e. The first-order valence-corrected chi connectivity index (χ1v) is 10.6. The van der Waals surface area contributed by atoms with Crippen molar-refractivity contribution in [1.82, 2.24) is 0 Å². The lowest BCUT2D eigenvalue weighted by Crippen LogP contribution is -2.18. The predicted octanol–water partition coefficient (Wildman–Crippen LogP) is 7.00. The molecular weight excluding hydrogens is 364 g/mol. The highest BCUT2D eigenvalue weighted by Crippen LogP contribution is 2.45. The van der Waals surface area contributed by atoms with Gasteiger partial charge in [0.25, 0.3) is 0 Å². The van der Waals surface area contributed by atoms with Crippen LogP contribution in [-0.2, 0) is 0 Å². The molecule has 0 unspecified atom stereocenters. The van der Waals surface area contributed by atoms with Crippen LogP contribution >= 0.6 is 0 Å². The van der Waals surface area contributed by atoms with Crippen LogP contribution in [0, 0.1) is 39.5 Å². The zero-order valence-corrected chi connectivity index (χ0v) is 18.0. The van der Waals surface area contributed by atoms with Gasteiger partial charge in [-0.25, -0.2) is 9.98 Å². The van der Waals surface area contributed by atoms with Crippen LogP contribution in [-0.4, -0.2) is 11.4 Å². The largest absolute Gasteiger partial charge is 0.250 e. The second kappa shape index (κ2) is 7.21. The molecule has 3 aliphatic rings. The number of allylic oxidation sites excluding steroid dienone is 8. The Balaban J connectivity index is 1.77. The fourth-order valence-electron chi connectivity index (χ4n) is 4.83. The molecule has 2 nitrogen and oxygen atoms in total. The summed E-state index contributed by atoms with van der Waals surface area (Å²) in [4.78, 5) is 10.5. The molecule has 0 bridgehead atoms. The number of aliphatic imine (C=N–C) groups is 2. The van der Waals surface area contributed by atoms with E-state index in [9.17, 15) is 0 Å². The average molecular weight is 391 g/mol. The Morgan fingerprint density at radius 3 is 1.93 bits per heavy atom. The van der Waals surface area contributed by atoms with E-state index in [-0.39, 0.29) is 5.92 Å². The SMILES string of the molecule is Cc1cccc(C)c1N=C1C2=CC=CC3=CC=C[C@@H](C1=Nc1c(C)cccc1C)[C@H]32. The molecule has 0 aromatic heterocycles. The Kier molecular flexibility index (Phi) is 4.51. The summed E-state index contributed by atoms with van der Waals surface area (Å²) in [5.74, 6) is 0.537. The normalized spacial score (nSPS) is 24.3. The standard InChI is InChI=1S/C28H26N2/c1-17-9-5-10-18(2)25(17)29-27-22-15-7-13-21-14-8-16-23(24(21)22)28(27)30-26-19(3)11-6-12-20(26)4/h5-16,22,24H,1-4H3/t22-,24+/m1/s1. The van der Waals surface area contributed by atoms with Gasteiger partial charge in [-0.2, -0.15) is 0 Å². The van der Waals surface area contributed by atoms with Crippen LogP contribution in [0.15, 0.2) is 94.0 Å². The van der Waals surface area contributed by atoms with Gasteiger partial charge in [0.1, 0.15) is 0 Å². The molecule has 3 aliphatic carbocycles. The fourth-order valence-corrected chi connectivity index (χ4v) is 4.83. The average Bonchev–Trinajstić information content (AvgIpc) is 3.02. The van der Waals surface area contributed by atoms with Crippen molar-refractivity contribution in [2.75, 3.05) is 0 Å². The molecule has 0 radical (unpaired) electrons. The molecule has 0 aliphatic heterocycles. The highest BCUT2D eigenvalue weighted by molar-refractivity contribution is 6.53. The molecule has 0 N–H and O–H groups in total. The van der Waals surface area contributed by atoms with Crippen molar-refractivity contribution in [3.63, 3.8) is 0 Å². The van der Waals surface area contributed by atoms with Crippen LogP contribution in [0.2, 0.25) is 0 Å². The molecule has 30 heavy (non-hydrogen) atoms. The summed E-state index contributed by atoms with van der Waals surface area (Å²) >= 11 is 0. The molecule has 2 heteroatoms. The lowest BCUT2D eigenvalue weighted by molar-refractivity contribution is 0.680. The number of para-hydroxylation sites is 2. The molecule has 0 spiro atoms. The molecule has 2 aromatic rings. The summed E-state index contributed by atoms with van der Waals surface area (Å²) in [5.41, 5.74) is 11.7. The van der Waals surface area contributed by atoms with Gasteiger partial charge in [0.15, 0.2) is 0 Å². The maximum absolute atomic E-state index is 5.28. The lowest BCUT2D eigenvalue weighted by Gasteiger charge is -2.23. The molecule has 0 amide bonds. The summed E-state index contributed by atoms with van der Waals surface area (Å²) in [6, 6.07) is 12.7. The summed E-state index contributed by atoms with van der Waals surface area (Å²) in [6.07, 6.45) is 13.3. The van der Waals surface area contributed by atoms with Crippen molar-refractivity contribution >= 4 is 22.8 Å². The number of hydrogen-bond donors (Lipinski definition) is 0. The Labute approximate surface area is 178 Å². The monoisotopic (exact) mass is 390 g/mol. The number of benzene rings is 2. The Morgan fingerprint density at radius 2 is 1.30 bits per heavy atom. The quantitative estimate of drug-likeness (QED) is 0.527. The van der Waals surface area contributed by atoms with E-state index < -0.39 is 0 Å². The van der Waals surface area contributed by atoms with E-state index in [1.54, 1.807) is 0 Å². The van der Waals surface area contributed by atoms with Gasteiger partial charge in [0.05, 0.1) is 22.8 Å². The van der Waals surface area contributed by atoms with Crippen molar-refractivity contribution < 1.29 is 0 Å². The third kappa shape index (κ3) is 2.95. The van der Waals surface area contributed by atoms with Gasteiger partial charge in [0, 0.05) is 11.8 Å². The molecule has 2 aromatic carbocycles. The second-order valence-corrected chi connectivity index (χ2v) is 8.47. The Morgan fingerprint density at radius 1 is 0.700 bits per heavy atom. The van der Waals surface area contributed by atoms with Crippen LogP contribution in [0.4, 0.5) is 11.4 Å². The number of rotatable bonds is 2. The molecule has 0 heterocycles. The zero-order valence-electron chi connectivity index (χ0n) is 18.0. The van der Waals surface area contributed by atoms with Gasteiger partial charge in [-0.3, -0.25) is 0 Å². The van der Waals surface area contributed by atoms with E-state index in [1.807, 2.05) is 0 Å². The first-order valence-electron chi connectivity index (χ1n) is 10.6. The van der Waals surface area contributed by atoms with E-state index in [0.717, 1.165) is 22.8 Å². The molecule has 0 saturated heterocycles. The van der Waals surface area contributed by atoms with Crippen molar-refractivity contribution in [3.8, 4) is 0 Å². The molecule has 1 fully saturated rings. The van der Waals surface area contributed by atoms with Gasteiger partial charge in [-0.15, -0.1) is 0 Å². The van der Waals surface area contributed by atoms with E-state index in [1.165, 1.54) is 33.4 Å². The van der Waals surface area contributed by atoms with Gasteiger partial charge in [-0.1, -0.05) is 72.9 Å². The van der Waals surface area contributed by atoms with E-state index in [4.69, 9.17) is 9.98 Å². The maximum atomic E-state index is 5.28. The topological polar surface area (TPSA) is 24.7 Å². The predicted molar refractivity (Wildman–Crippen MR) is 127 cm³/mol. The van der Waals surface area contributed by atoms with Crippen molar-refractivity contribution in [1.29, 1.82) is 0 Å². The minimum absolute atomic E-state index is 0.225. The van der Waals surface area contributed by atoms with Crippen LogP contribution in [0.3, 0.4) is 0 Å². The highest BCUT2D eigenvalue weighted by atomic mass is 14.9. The van der Waals surface area contributed by atoms with E-state index in [0.29, 0.717) is 5.92 Å². The second-order valence-electron chi connectivity index (χ2n) is 8.47. The summed E-state index contributed by atoms with van der Waals surface area (Å²) in [6.45, 7) is 8.55. The van der Waals surface area contributed by atoms with Crippen molar-refractivity contribution in [3.05, 3.63) is 106 Å². The van der Waals surface area contributed by atoms with Crippen LogP contribution in [0.5, 0.6) is 0 Å². The molecule has 2 atom stereocenters. The van der Waals surface area contributed by atoms with E-state index in [2.05, 4.69) is 101 Å². The third-order valence-electron chi connectivity index (χ3n) is 6.39. The fraction of sp³-hybridized carbons (Fsp3) is 0.214. The maximum Gasteiger partial charge on any atom is 0.0897 e. The van der Waals surface area contributed by atoms with Gasteiger partial charge in [-0.05, 0) is 61.1 Å². The lowest BCUT2D eigenvalue weighted by atomic mass is 9.80. The van der Waals surface area contributed by atoms with Crippen molar-refractivity contribution in [2.24, 2.45) is 21.8 Å². The minimum Gasteiger partial charge on any atom is -0.250 e. The highest BCUT2D eigenvalue weighted by Gasteiger charge is 2.43. The van der Waals surface area contributed by atoms with Gasteiger partial charge >= 0.3 is 0 Å². The van der Waals surface area contributed by atoms with Crippen LogP contribution in [0.25, 0.3) is 0 Å². The molecule has 1 saturated carbocycles. The first kappa shape index (κ1) is 18.7. The van der Waals surface area contributed by atoms with Gasteiger partial charge in [0.2, 0.25) is 0 Å². The Hall–Kier alpha value is -3.26. The van der Waals surface area contributed by atoms with Gasteiger partial charge < -0.3 is 0 Å². The number of hydrogen-bond acceptors (Lipinski definition) is 2. The molecular formula is C28H26N2. The van der Waals surface area contributed by atoms with E-state index >= 15 is 0 Å². The molecule has 5 rings (SSSR count). The third-order valence-corrected chi connectivity index (χ3v) is 6.39. The van der Waals surface area contributed by atoms with Crippen LogP contribution in [0.1, 0.15) is 22.3 Å². The minimum atomic E-state index is 0.225. The first-order chi connectivity index (χ1) is 14.5. The van der Waals surface area contributed by atoms with Crippen molar-refractivity contribution in [2.45, 2.75) is 27.7 Å². The summed E-state index contributed by atoms with van der Waals surface area (Å²) < 4.78 is 0. The Bertz CT molecular complexity index is 1190. The number of nitrogens with zero attached hydrogens (tertiary/aromatic N) is 2. The molecule has 148 valence electrons.